The predicted octanol–water partition coefficient (Wildman–Crippen LogP) is 3.41. The van der Waals surface area contributed by atoms with Crippen LogP contribution >= 0.6 is 20.0 Å². The molecule has 2 amide bonds. The van der Waals surface area contributed by atoms with E-state index in [2.05, 4.69) is 37.5 Å². The van der Waals surface area contributed by atoms with Crippen LogP contribution < -0.4 is 15.4 Å². The fraction of sp³-hybridized carbons (Fsp3) is 0.556. The van der Waals surface area contributed by atoms with Crippen molar-refractivity contribution >= 4 is 54.2 Å². The Balaban J connectivity index is 1.61. The number of hydrogen-bond acceptors (Lipinski definition) is 4. The molecule has 138 valence electrons. The second-order valence-electron chi connectivity index (χ2n) is 6.11. The van der Waals surface area contributed by atoms with Gasteiger partial charge in [-0.2, -0.15) is 0 Å². The van der Waals surface area contributed by atoms with Crippen molar-refractivity contribution in [3.63, 3.8) is 0 Å². The van der Waals surface area contributed by atoms with Crippen LogP contribution in [0.5, 0.6) is 0 Å². The Labute approximate surface area is 161 Å². The monoisotopic (exact) mass is 442 g/mol. The van der Waals surface area contributed by atoms with E-state index in [9.17, 15) is 9.59 Å². The molecule has 1 aromatic carbocycles. The SMILES string of the molecule is NC(=O)CCCCCCCC(=O)Nc1ccc([As]2SCCCS2)cc1. The molecule has 1 heterocycles. The van der Waals surface area contributed by atoms with E-state index in [1.165, 1.54) is 22.3 Å². The summed E-state index contributed by atoms with van der Waals surface area (Å²) in [4.78, 5) is 22.6. The summed E-state index contributed by atoms with van der Waals surface area (Å²) in [5, 5.41) is 2.99. The summed E-state index contributed by atoms with van der Waals surface area (Å²) in [6.45, 7) is 0. The summed E-state index contributed by atoms with van der Waals surface area (Å²) in [6.07, 6.45) is 7.19. The molecule has 1 fully saturated rings. The molecule has 1 saturated heterocycles. The van der Waals surface area contributed by atoms with E-state index in [-0.39, 0.29) is 11.8 Å². The predicted molar refractivity (Wildman–Crippen MR) is 112 cm³/mol. The zero-order valence-electron chi connectivity index (χ0n) is 14.5. The molecule has 0 atom stereocenters. The van der Waals surface area contributed by atoms with Gasteiger partial charge in [-0.1, -0.05) is 0 Å². The second-order valence-corrected chi connectivity index (χ2v) is 17.8. The van der Waals surface area contributed by atoms with Crippen LogP contribution in [-0.2, 0) is 9.59 Å². The normalized spacial score (nSPS) is 15.0. The summed E-state index contributed by atoms with van der Waals surface area (Å²) in [5.41, 5.74) is 6.01. The average molecular weight is 442 g/mol. The molecule has 1 aromatic rings. The van der Waals surface area contributed by atoms with Crippen LogP contribution in [-0.4, -0.2) is 35.7 Å². The van der Waals surface area contributed by atoms with Crippen molar-refractivity contribution < 1.29 is 9.59 Å². The van der Waals surface area contributed by atoms with Crippen LogP contribution in [0, 0.1) is 0 Å². The number of unbranched alkanes of at least 4 members (excludes halogenated alkanes) is 4. The van der Waals surface area contributed by atoms with Gasteiger partial charge in [0, 0.05) is 6.42 Å². The van der Waals surface area contributed by atoms with Crippen molar-refractivity contribution in [1.82, 2.24) is 0 Å². The first-order valence-electron chi connectivity index (χ1n) is 8.89. The Bertz CT molecular complexity index is 549. The Morgan fingerprint density at radius 1 is 0.960 bits per heavy atom. The molecule has 7 heteroatoms. The van der Waals surface area contributed by atoms with Crippen molar-refractivity contribution in [3.05, 3.63) is 24.3 Å². The van der Waals surface area contributed by atoms with Gasteiger partial charge in [0.1, 0.15) is 0 Å². The molecule has 0 bridgehead atoms. The standard InChI is InChI=1S/C18H27AsN2O2S2/c20-17(22)7-4-2-1-3-5-8-18(23)21-16-11-9-15(10-12-16)19-24-13-6-14-25-19/h9-12H,1-8,13-14H2,(H2,20,22)(H,21,23). The second kappa shape index (κ2) is 11.9. The zero-order valence-corrected chi connectivity index (χ0v) is 18.0. The quantitative estimate of drug-likeness (QED) is 0.430. The third-order valence-corrected chi connectivity index (χ3v) is 17.5. The van der Waals surface area contributed by atoms with E-state index >= 15 is 0 Å². The summed E-state index contributed by atoms with van der Waals surface area (Å²) in [7, 11) is 4.31. The van der Waals surface area contributed by atoms with Gasteiger partial charge in [0.2, 0.25) is 5.91 Å². The van der Waals surface area contributed by atoms with Crippen LogP contribution in [0.15, 0.2) is 24.3 Å². The fourth-order valence-electron chi connectivity index (χ4n) is 2.55. The van der Waals surface area contributed by atoms with E-state index in [1.807, 2.05) is 12.1 Å². The Morgan fingerprint density at radius 2 is 1.56 bits per heavy atom. The van der Waals surface area contributed by atoms with Crippen LogP contribution in [0.2, 0.25) is 0 Å². The number of primary amides is 1. The molecule has 0 saturated carbocycles. The first kappa shape index (κ1) is 20.7. The number of nitrogens with two attached hydrogens (primary N) is 1. The molecule has 2 rings (SSSR count). The molecular weight excluding hydrogens is 415 g/mol. The van der Waals surface area contributed by atoms with Crippen LogP contribution in [0.3, 0.4) is 0 Å². The minimum atomic E-state index is -0.959. The van der Waals surface area contributed by atoms with Crippen LogP contribution in [0.1, 0.15) is 51.4 Å². The van der Waals surface area contributed by atoms with Gasteiger partial charge in [-0.15, -0.1) is 0 Å². The molecule has 1 aliphatic heterocycles. The maximum absolute atomic E-state index is 12.0. The third-order valence-electron chi connectivity index (χ3n) is 3.89. The molecule has 25 heavy (non-hydrogen) atoms. The summed E-state index contributed by atoms with van der Waals surface area (Å²) in [5.74, 6) is 2.46. The molecular formula is C18H27AsN2O2S2. The molecule has 0 aliphatic carbocycles. The van der Waals surface area contributed by atoms with Crippen LogP contribution in [0.25, 0.3) is 0 Å². The van der Waals surface area contributed by atoms with E-state index in [0.29, 0.717) is 12.8 Å². The number of nitrogens with one attached hydrogen (secondary N) is 1. The number of carbonyl (C=O) groups excluding carboxylic acids is 2. The van der Waals surface area contributed by atoms with Crippen molar-refractivity contribution in [2.24, 2.45) is 5.73 Å². The summed E-state index contributed by atoms with van der Waals surface area (Å²) < 4.78 is 1.48. The maximum atomic E-state index is 12.0. The molecule has 0 radical (unpaired) electrons. The van der Waals surface area contributed by atoms with Gasteiger partial charge < -0.3 is 5.73 Å². The molecule has 0 aromatic heterocycles. The molecule has 1 aliphatic rings. The Morgan fingerprint density at radius 3 is 2.20 bits per heavy atom. The fourth-order valence-corrected chi connectivity index (χ4v) is 15.6. The van der Waals surface area contributed by atoms with Crippen LogP contribution in [0.4, 0.5) is 5.69 Å². The summed E-state index contributed by atoms with van der Waals surface area (Å²) >= 11 is -0.959. The average Bonchev–Trinajstić information content (AvgIpc) is 2.62. The third kappa shape index (κ3) is 8.56. The number of amides is 2. The van der Waals surface area contributed by atoms with Crippen molar-refractivity contribution in [2.45, 2.75) is 51.4 Å². The van der Waals surface area contributed by atoms with Crippen molar-refractivity contribution in [1.29, 1.82) is 0 Å². The number of anilines is 1. The van der Waals surface area contributed by atoms with Gasteiger partial charge in [-0.3, -0.25) is 4.79 Å². The van der Waals surface area contributed by atoms with Crippen molar-refractivity contribution in [2.75, 3.05) is 16.8 Å². The Kier molecular flexibility index (Phi) is 9.89. The van der Waals surface area contributed by atoms with Gasteiger partial charge >= 0.3 is 139 Å². The molecule has 4 nitrogen and oxygen atoms in total. The Hall–Kier alpha value is -0.582. The van der Waals surface area contributed by atoms with Gasteiger partial charge in [-0.05, 0) is 0 Å². The number of hydrogen-bond donors (Lipinski definition) is 2. The molecule has 0 unspecified atom stereocenters. The van der Waals surface area contributed by atoms with Gasteiger partial charge in [0.15, 0.2) is 0 Å². The molecule has 0 spiro atoms. The minimum absolute atomic E-state index is 0.0872. The first-order chi connectivity index (χ1) is 12.1. The molecule has 3 N–H and O–H groups in total. The van der Waals surface area contributed by atoms with Gasteiger partial charge in [-0.25, -0.2) is 0 Å². The van der Waals surface area contributed by atoms with Crippen molar-refractivity contribution in [3.8, 4) is 0 Å². The topological polar surface area (TPSA) is 72.2 Å². The van der Waals surface area contributed by atoms with Gasteiger partial charge in [0.25, 0.3) is 0 Å². The number of benzene rings is 1. The van der Waals surface area contributed by atoms with Gasteiger partial charge in [0.05, 0.1) is 0 Å². The zero-order chi connectivity index (χ0) is 17.9. The number of rotatable bonds is 10. The number of carbonyl (C=O) groups is 2. The first-order valence-corrected chi connectivity index (χ1v) is 16.3. The van der Waals surface area contributed by atoms with E-state index in [4.69, 9.17) is 5.73 Å². The van der Waals surface area contributed by atoms with E-state index in [1.54, 1.807) is 0 Å². The van der Waals surface area contributed by atoms with E-state index in [0.717, 1.165) is 37.8 Å². The van der Waals surface area contributed by atoms with E-state index < -0.39 is 12.3 Å². The summed E-state index contributed by atoms with van der Waals surface area (Å²) in [6, 6.07) is 8.47.